The van der Waals surface area contributed by atoms with Gasteiger partial charge in [0.05, 0.1) is 17.0 Å². The van der Waals surface area contributed by atoms with Crippen molar-refractivity contribution in [3.8, 4) is 5.75 Å². The molecule has 2 heterocycles. The number of esters is 1. The maximum atomic E-state index is 12.4. The highest BCUT2D eigenvalue weighted by atomic mass is 32.1. The van der Waals surface area contributed by atoms with E-state index in [1.165, 1.54) is 48.7 Å². The number of amides is 2. The lowest BCUT2D eigenvalue weighted by atomic mass is 10.3. The number of furan rings is 1. The van der Waals surface area contributed by atoms with Gasteiger partial charge in [-0.3, -0.25) is 9.59 Å². The number of benzene rings is 1. The van der Waals surface area contributed by atoms with Crippen LogP contribution in [0.2, 0.25) is 0 Å². The molecule has 11 heteroatoms. The van der Waals surface area contributed by atoms with Crippen LogP contribution in [0, 0.1) is 0 Å². The molecular formula is C19H14F2N2O6S. The van der Waals surface area contributed by atoms with Crippen molar-refractivity contribution in [1.29, 1.82) is 0 Å². The molecule has 0 bridgehead atoms. The number of nitrogens with one attached hydrogen (secondary N) is 2. The molecule has 0 radical (unpaired) electrons. The number of thiophene rings is 1. The minimum Gasteiger partial charge on any atom is -0.459 e. The molecule has 0 saturated carbocycles. The molecular weight excluding hydrogens is 422 g/mol. The predicted molar refractivity (Wildman–Crippen MR) is 103 cm³/mol. The summed E-state index contributed by atoms with van der Waals surface area (Å²) in [4.78, 5) is 36.1. The quantitative estimate of drug-likeness (QED) is 0.517. The van der Waals surface area contributed by atoms with Crippen LogP contribution < -0.4 is 15.4 Å². The Labute approximate surface area is 172 Å². The molecule has 0 aliphatic carbocycles. The predicted octanol–water partition coefficient (Wildman–Crippen LogP) is 3.99. The van der Waals surface area contributed by atoms with Crippen LogP contribution in [-0.2, 0) is 9.53 Å². The molecule has 8 nitrogen and oxygen atoms in total. The SMILES string of the molecule is O=C(COC(=O)c1ccc(NC(=O)c2ccco2)s1)Nc1ccccc1OC(F)F. The van der Waals surface area contributed by atoms with Gasteiger partial charge in [0.1, 0.15) is 10.6 Å². The molecule has 0 aliphatic rings. The standard InChI is InChI=1S/C19H14F2N2O6S/c20-19(21)29-12-5-2-1-4-11(12)22-15(24)10-28-18(26)14-7-8-16(30-14)23-17(25)13-6-3-9-27-13/h1-9,19H,10H2,(H,22,24)(H,23,25). The number of carbonyl (C=O) groups excluding carboxylic acids is 3. The van der Waals surface area contributed by atoms with Gasteiger partial charge in [0, 0.05) is 0 Å². The average molecular weight is 436 g/mol. The first-order chi connectivity index (χ1) is 14.4. The Balaban J connectivity index is 1.52. The topological polar surface area (TPSA) is 107 Å². The van der Waals surface area contributed by atoms with Crippen molar-refractivity contribution >= 4 is 39.8 Å². The highest BCUT2D eigenvalue weighted by molar-refractivity contribution is 7.18. The zero-order valence-corrected chi connectivity index (χ0v) is 15.9. The van der Waals surface area contributed by atoms with E-state index in [9.17, 15) is 23.2 Å². The highest BCUT2D eigenvalue weighted by Gasteiger charge is 2.17. The molecule has 3 aromatic rings. The van der Waals surface area contributed by atoms with Crippen LogP contribution in [0.15, 0.2) is 59.2 Å². The lowest BCUT2D eigenvalue weighted by molar-refractivity contribution is -0.119. The van der Waals surface area contributed by atoms with E-state index in [1.54, 1.807) is 6.07 Å². The molecule has 2 amide bonds. The Kier molecular flexibility index (Phi) is 6.75. The van der Waals surface area contributed by atoms with Crippen molar-refractivity contribution in [1.82, 2.24) is 0 Å². The summed E-state index contributed by atoms with van der Waals surface area (Å²) in [6.07, 6.45) is 1.36. The van der Waals surface area contributed by atoms with E-state index in [0.717, 1.165) is 11.3 Å². The third-order valence-corrected chi connectivity index (χ3v) is 4.48. The maximum Gasteiger partial charge on any atom is 0.387 e. The lowest BCUT2D eigenvalue weighted by Gasteiger charge is -2.11. The molecule has 1 aromatic carbocycles. The summed E-state index contributed by atoms with van der Waals surface area (Å²) in [5.41, 5.74) is 0.0119. The van der Waals surface area contributed by atoms with Gasteiger partial charge in [-0.2, -0.15) is 8.78 Å². The molecule has 3 rings (SSSR count). The van der Waals surface area contributed by atoms with Gasteiger partial charge in [0.2, 0.25) is 0 Å². The summed E-state index contributed by atoms with van der Waals surface area (Å²) in [7, 11) is 0. The van der Waals surface area contributed by atoms with Crippen molar-refractivity contribution in [3.05, 3.63) is 65.4 Å². The second-order valence-electron chi connectivity index (χ2n) is 5.59. The van der Waals surface area contributed by atoms with Crippen LogP contribution in [0.5, 0.6) is 5.75 Å². The monoisotopic (exact) mass is 436 g/mol. The van der Waals surface area contributed by atoms with Gasteiger partial charge >= 0.3 is 12.6 Å². The third kappa shape index (κ3) is 5.64. The molecule has 2 N–H and O–H groups in total. The Morgan fingerprint density at radius 2 is 1.83 bits per heavy atom. The number of halogens is 2. The summed E-state index contributed by atoms with van der Waals surface area (Å²) in [5.74, 6) is -2.11. The van der Waals surface area contributed by atoms with Crippen molar-refractivity contribution in [2.45, 2.75) is 6.61 Å². The summed E-state index contributed by atoms with van der Waals surface area (Å²) in [6, 6.07) is 11.6. The highest BCUT2D eigenvalue weighted by Crippen LogP contribution is 2.26. The number of hydrogen-bond donors (Lipinski definition) is 2. The largest absolute Gasteiger partial charge is 0.459 e. The van der Waals surface area contributed by atoms with Crippen molar-refractivity contribution in [2.75, 3.05) is 17.2 Å². The second-order valence-corrected chi connectivity index (χ2v) is 6.68. The summed E-state index contributed by atoms with van der Waals surface area (Å²) >= 11 is 0.948. The van der Waals surface area contributed by atoms with Crippen molar-refractivity contribution in [3.63, 3.8) is 0 Å². The van der Waals surface area contributed by atoms with E-state index >= 15 is 0 Å². The fraction of sp³-hybridized carbons (Fsp3) is 0.105. The van der Waals surface area contributed by atoms with Crippen LogP contribution in [0.3, 0.4) is 0 Å². The molecule has 0 unspecified atom stereocenters. The second kappa shape index (κ2) is 9.65. The molecule has 0 fully saturated rings. The van der Waals surface area contributed by atoms with E-state index < -0.39 is 31.0 Å². The van der Waals surface area contributed by atoms with E-state index in [2.05, 4.69) is 15.4 Å². The van der Waals surface area contributed by atoms with E-state index in [-0.39, 0.29) is 22.1 Å². The van der Waals surface area contributed by atoms with Crippen LogP contribution in [0.25, 0.3) is 0 Å². The molecule has 30 heavy (non-hydrogen) atoms. The van der Waals surface area contributed by atoms with Gasteiger partial charge in [0.25, 0.3) is 11.8 Å². The van der Waals surface area contributed by atoms with Crippen molar-refractivity contribution < 1.29 is 37.1 Å². The Morgan fingerprint density at radius 3 is 2.57 bits per heavy atom. The molecule has 0 saturated heterocycles. The average Bonchev–Trinajstić information content (AvgIpc) is 3.39. The number of carbonyl (C=O) groups is 3. The lowest BCUT2D eigenvalue weighted by Crippen LogP contribution is -2.21. The maximum absolute atomic E-state index is 12.4. The molecule has 0 spiro atoms. The van der Waals surface area contributed by atoms with Gasteiger partial charge in [-0.05, 0) is 36.4 Å². The molecule has 0 atom stereocenters. The number of rotatable bonds is 8. The first kappa shape index (κ1) is 21.0. The van der Waals surface area contributed by atoms with Gasteiger partial charge < -0.3 is 24.5 Å². The zero-order valence-electron chi connectivity index (χ0n) is 15.1. The van der Waals surface area contributed by atoms with Gasteiger partial charge in [-0.25, -0.2) is 4.79 Å². The summed E-state index contributed by atoms with van der Waals surface area (Å²) in [6.45, 7) is -3.70. The van der Waals surface area contributed by atoms with Crippen LogP contribution in [-0.4, -0.2) is 31.0 Å². The van der Waals surface area contributed by atoms with E-state index in [4.69, 9.17) is 9.15 Å². The Morgan fingerprint density at radius 1 is 1.03 bits per heavy atom. The van der Waals surface area contributed by atoms with E-state index in [0.29, 0.717) is 5.00 Å². The summed E-state index contributed by atoms with van der Waals surface area (Å²) < 4.78 is 39.0. The summed E-state index contributed by atoms with van der Waals surface area (Å²) in [5, 5.41) is 5.27. The van der Waals surface area contributed by atoms with Crippen LogP contribution >= 0.6 is 11.3 Å². The first-order valence-corrected chi connectivity index (χ1v) is 9.19. The minimum absolute atomic E-state index is 0.0119. The number of anilines is 2. The molecule has 156 valence electrons. The normalized spacial score (nSPS) is 10.5. The number of hydrogen-bond acceptors (Lipinski definition) is 7. The van der Waals surface area contributed by atoms with Crippen LogP contribution in [0.4, 0.5) is 19.5 Å². The van der Waals surface area contributed by atoms with E-state index in [1.807, 2.05) is 0 Å². The Bertz CT molecular complexity index is 1040. The fourth-order valence-electron chi connectivity index (χ4n) is 2.25. The van der Waals surface area contributed by atoms with Gasteiger partial charge in [-0.1, -0.05) is 12.1 Å². The third-order valence-electron chi connectivity index (χ3n) is 3.50. The van der Waals surface area contributed by atoms with Gasteiger partial charge in [-0.15, -0.1) is 11.3 Å². The van der Waals surface area contributed by atoms with Crippen molar-refractivity contribution in [2.24, 2.45) is 0 Å². The molecule has 0 aliphatic heterocycles. The number of ether oxygens (including phenoxy) is 2. The van der Waals surface area contributed by atoms with Gasteiger partial charge in [0.15, 0.2) is 12.4 Å². The zero-order chi connectivity index (χ0) is 21.5. The Hall–Kier alpha value is -3.73. The minimum atomic E-state index is -3.05. The fourth-order valence-corrected chi connectivity index (χ4v) is 3.05. The smallest absolute Gasteiger partial charge is 0.387 e. The molecule has 2 aromatic heterocycles. The number of para-hydroxylation sites is 2. The number of alkyl halides is 2. The first-order valence-electron chi connectivity index (χ1n) is 8.38. The van der Waals surface area contributed by atoms with Crippen LogP contribution in [0.1, 0.15) is 20.2 Å².